The number of hydrogen-bond acceptors (Lipinski definition) is 8. The van der Waals surface area contributed by atoms with E-state index in [1.807, 2.05) is 33.8 Å². The number of amides is 1. The first-order chi connectivity index (χ1) is 21.4. The Bertz CT molecular complexity index is 2070. The number of fused-ring (bicyclic) bond motifs is 2. The molecule has 0 fully saturated rings. The number of halogens is 1. The van der Waals surface area contributed by atoms with Gasteiger partial charge in [0.2, 0.25) is 10.9 Å². The van der Waals surface area contributed by atoms with Crippen LogP contribution in [0.1, 0.15) is 46.0 Å². The number of aryl methyl sites for hydroxylation is 4. The quantitative estimate of drug-likeness (QED) is 0.233. The molecule has 4 heterocycles. The lowest BCUT2D eigenvalue weighted by atomic mass is 10.2. The molecular formula is C32H30BrN5O7. The van der Waals surface area contributed by atoms with Crippen molar-refractivity contribution in [3.63, 3.8) is 0 Å². The standard InChI is InChI=1S/C20H18BrN3O4.C12H12N2O3/c1-3-24-10-16(18(26)15-8-7-12(2)22-19(15)24)20(27)28-11-17(25)23-14-6-4-5-13(21)9-14;1-3-14-6-9(12(16)17)10(15)8-5-4-7(2)13-11(8)14/h4-10H,3,11H2,1-2H3,(H,23,25);4-6H,3H2,1-2H3,(H,16,17). The first-order valence-electron chi connectivity index (χ1n) is 13.9. The minimum Gasteiger partial charge on any atom is -0.477 e. The molecule has 13 heteroatoms. The summed E-state index contributed by atoms with van der Waals surface area (Å²) in [5.41, 5.74) is 1.88. The summed E-state index contributed by atoms with van der Waals surface area (Å²) in [6.07, 6.45) is 2.77. The maximum atomic E-state index is 12.7. The molecule has 45 heavy (non-hydrogen) atoms. The van der Waals surface area contributed by atoms with Gasteiger partial charge in [-0.3, -0.25) is 14.4 Å². The van der Waals surface area contributed by atoms with Crippen LogP contribution in [0.4, 0.5) is 5.69 Å². The summed E-state index contributed by atoms with van der Waals surface area (Å²) >= 11 is 3.31. The molecule has 5 rings (SSSR count). The van der Waals surface area contributed by atoms with E-state index in [9.17, 15) is 24.0 Å². The molecule has 1 aromatic carbocycles. The Kier molecular flexibility index (Phi) is 10.2. The van der Waals surface area contributed by atoms with E-state index in [2.05, 4.69) is 31.2 Å². The molecule has 0 saturated carbocycles. The van der Waals surface area contributed by atoms with Crippen LogP contribution in [-0.4, -0.2) is 48.7 Å². The number of esters is 1. The van der Waals surface area contributed by atoms with Crippen molar-refractivity contribution in [2.45, 2.75) is 40.8 Å². The van der Waals surface area contributed by atoms with Gasteiger partial charge in [0.05, 0.1) is 10.8 Å². The largest absolute Gasteiger partial charge is 0.477 e. The molecule has 232 valence electrons. The number of benzene rings is 1. The zero-order valence-electron chi connectivity index (χ0n) is 25.0. The third-order valence-corrected chi connectivity index (χ3v) is 7.19. The van der Waals surface area contributed by atoms with Crippen LogP contribution in [0.3, 0.4) is 0 Å². The van der Waals surface area contributed by atoms with Crippen molar-refractivity contribution in [3.05, 3.63) is 108 Å². The molecule has 2 N–H and O–H groups in total. The van der Waals surface area contributed by atoms with E-state index in [0.29, 0.717) is 40.8 Å². The fraction of sp³-hybridized carbons (Fsp3) is 0.219. The molecule has 0 saturated heterocycles. The fourth-order valence-electron chi connectivity index (χ4n) is 4.47. The van der Waals surface area contributed by atoms with Crippen LogP contribution in [0.15, 0.2) is 75.0 Å². The molecule has 0 aliphatic rings. The first-order valence-corrected chi connectivity index (χ1v) is 14.7. The second kappa shape index (κ2) is 14.1. The molecule has 0 aliphatic carbocycles. The number of carbonyl (C=O) groups excluding carboxylic acids is 2. The third-order valence-electron chi connectivity index (χ3n) is 6.70. The number of nitrogens with zero attached hydrogens (tertiary/aromatic N) is 4. The molecule has 0 unspecified atom stereocenters. The highest BCUT2D eigenvalue weighted by molar-refractivity contribution is 9.10. The van der Waals surface area contributed by atoms with Crippen molar-refractivity contribution in [1.82, 2.24) is 19.1 Å². The summed E-state index contributed by atoms with van der Waals surface area (Å²) in [6.45, 7) is 8.00. The van der Waals surface area contributed by atoms with Gasteiger partial charge in [0.1, 0.15) is 22.4 Å². The Morgan fingerprint density at radius 1 is 0.844 bits per heavy atom. The third kappa shape index (κ3) is 7.50. The second-order valence-corrected chi connectivity index (χ2v) is 10.8. The highest BCUT2D eigenvalue weighted by atomic mass is 79.9. The number of carbonyl (C=O) groups is 3. The lowest BCUT2D eigenvalue weighted by Gasteiger charge is -2.11. The van der Waals surface area contributed by atoms with Crippen molar-refractivity contribution in [3.8, 4) is 0 Å². The smallest absolute Gasteiger partial charge is 0.344 e. The molecule has 1 amide bonds. The van der Waals surface area contributed by atoms with Gasteiger partial charge < -0.3 is 24.3 Å². The highest BCUT2D eigenvalue weighted by Gasteiger charge is 2.19. The summed E-state index contributed by atoms with van der Waals surface area (Å²) in [5.74, 6) is -2.56. The molecule has 0 bridgehead atoms. The average molecular weight is 677 g/mol. The van der Waals surface area contributed by atoms with Gasteiger partial charge in [-0.1, -0.05) is 22.0 Å². The van der Waals surface area contributed by atoms with Gasteiger partial charge in [-0.15, -0.1) is 0 Å². The molecule has 0 spiro atoms. The van der Waals surface area contributed by atoms with Gasteiger partial charge >= 0.3 is 11.9 Å². The van der Waals surface area contributed by atoms with Crippen LogP contribution >= 0.6 is 15.9 Å². The first kappa shape index (κ1) is 32.7. The van der Waals surface area contributed by atoms with E-state index in [4.69, 9.17) is 9.84 Å². The number of carboxylic acid groups (broad SMARTS) is 1. The van der Waals surface area contributed by atoms with Crippen LogP contribution in [0.5, 0.6) is 0 Å². The van der Waals surface area contributed by atoms with Crippen molar-refractivity contribution in [2.24, 2.45) is 0 Å². The number of hydrogen-bond donors (Lipinski definition) is 2. The predicted octanol–water partition coefficient (Wildman–Crippen LogP) is 4.71. The maximum Gasteiger partial charge on any atom is 0.344 e. The van der Waals surface area contributed by atoms with E-state index < -0.39 is 35.3 Å². The summed E-state index contributed by atoms with van der Waals surface area (Å²) in [7, 11) is 0. The molecule has 5 aromatic rings. The van der Waals surface area contributed by atoms with Crippen LogP contribution in [0, 0.1) is 13.8 Å². The summed E-state index contributed by atoms with van der Waals surface area (Å²) < 4.78 is 9.24. The summed E-state index contributed by atoms with van der Waals surface area (Å²) in [5, 5.41) is 12.3. The molecular weight excluding hydrogens is 646 g/mol. The molecule has 12 nitrogen and oxygen atoms in total. The molecule has 0 aliphatic heterocycles. The predicted molar refractivity (Wildman–Crippen MR) is 173 cm³/mol. The minimum atomic E-state index is -1.21. The van der Waals surface area contributed by atoms with Crippen molar-refractivity contribution in [2.75, 3.05) is 11.9 Å². The summed E-state index contributed by atoms with van der Waals surface area (Å²) in [6, 6.07) is 13.7. The summed E-state index contributed by atoms with van der Waals surface area (Å²) in [4.78, 5) is 68.6. The zero-order chi connectivity index (χ0) is 32.8. The Morgan fingerprint density at radius 2 is 1.38 bits per heavy atom. The van der Waals surface area contributed by atoms with Gasteiger partial charge in [0.25, 0.3) is 5.91 Å². The molecule has 4 aromatic heterocycles. The zero-order valence-corrected chi connectivity index (χ0v) is 26.5. The lowest BCUT2D eigenvalue weighted by Crippen LogP contribution is -2.25. The van der Waals surface area contributed by atoms with Crippen LogP contribution in [-0.2, 0) is 22.6 Å². The number of ether oxygens (including phenoxy) is 1. The minimum absolute atomic E-state index is 0.129. The molecule has 0 radical (unpaired) electrons. The van der Waals surface area contributed by atoms with Crippen molar-refractivity contribution in [1.29, 1.82) is 0 Å². The number of aromatic nitrogens is 4. The van der Waals surface area contributed by atoms with Gasteiger partial charge in [-0.05, 0) is 70.2 Å². The Balaban J connectivity index is 0.000000231. The Labute approximate surface area is 265 Å². The monoisotopic (exact) mass is 675 g/mol. The Hall–Kier alpha value is -5.17. The number of rotatable bonds is 7. The van der Waals surface area contributed by atoms with E-state index in [1.165, 1.54) is 12.4 Å². The average Bonchev–Trinajstić information content (AvgIpc) is 3.00. The SMILES string of the molecule is CCn1cc(C(=O)O)c(=O)c2ccc(C)nc21.CCn1cc(C(=O)OCC(=O)Nc2cccc(Br)c2)c(=O)c2ccc(C)nc21. The lowest BCUT2D eigenvalue weighted by molar-refractivity contribution is -0.119. The number of nitrogens with one attached hydrogen (secondary N) is 1. The number of anilines is 1. The van der Waals surface area contributed by atoms with Gasteiger partial charge in [-0.2, -0.15) is 0 Å². The van der Waals surface area contributed by atoms with Crippen LogP contribution < -0.4 is 16.2 Å². The highest BCUT2D eigenvalue weighted by Crippen LogP contribution is 2.16. The van der Waals surface area contributed by atoms with Gasteiger partial charge in [-0.25, -0.2) is 19.6 Å². The fourth-order valence-corrected chi connectivity index (χ4v) is 4.87. The van der Waals surface area contributed by atoms with Crippen molar-refractivity contribution >= 4 is 61.5 Å². The van der Waals surface area contributed by atoms with Gasteiger partial charge in [0, 0.05) is 47.0 Å². The molecule has 0 atom stereocenters. The van der Waals surface area contributed by atoms with E-state index >= 15 is 0 Å². The number of carboxylic acids is 1. The van der Waals surface area contributed by atoms with Crippen LogP contribution in [0.25, 0.3) is 22.1 Å². The second-order valence-electron chi connectivity index (χ2n) is 9.90. The number of pyridine rings is 4. The van der Waals surface area contributed by atoms with E-state index in [0.717, 1.165) is 15.9 Å². The van der Waals surface area contributed by atoms with Crippen LogP contribution in [0.2, 0.25) is 0 Å². The normalized spacial score (nSPS) is 10.7. The van der Waals surface area contributed by atoms with Gasteiger partial charge in [0.15, 0.2) is 6.61 Å². The van der Waals surface area contributed by atoms with E-state index in [-0.39, 0.29) is 11.1 Å². The van der Waals surface area contributed by atoms with E-state index in [1.54, 1.807) is 51.6 Å². The maximum absolute atomic E-state index is 12.7. The topological polar surface area (TPSA) is 162 Å². The van der Waals surface area contributed by atoms with Crippen molar-refractivity contribution < 1.29 is 24.2 Å². The Morgan fingerprint density at radius 3 is 1.89 bits per heavy atom. The number of aromatic carboxylic acids is 1.